The molecule has 2 aromatic rings. The van der Waals surface area contributed by atoms with E-state index in [0.717, 1.165) is 5.56 Å². The number of rotatable bonds is 7. The van der Waals surface area contributed by atoms with Crippen LogP contribution in [0.15, 0.2) is 48.5 Å². The third kappa shape index (κ3) is 5.86. The summed E-state index contributed by atoms with van der Waals surface area (Å²) in [6, 6.07) is 14.1. The lowest BCUT2D eigenvalue weighted by Crippen LogP contribution is -2.30. The molecule has 5 nitrogen and oxygen atoms in total. The highest BCUT2D eigenvalue weighted by atomic mass is 35.5. The Morgan fingerprint density at radius 2 is 1.69 bits per heavy atom. The monoisotopic (exact) mass is 374 g/mol. The fraction of sp³-hybridized carbons (Fsp3) is 0.300. The average Bonchev–Trinajstić information content (AvgIpc) is 2.60. The van der Waals surface area contributed by atoms with Crippen LogP contribution in [-0.2, 0) is 9.53 Å². The first kappa shape index (κ1) is 19.9. The minimum Gasteiger partial charge on any atom is -0.459 e. The molecule has 0 aliphatic rings. The summed E-state index contributed by atoms with van der Waals surface area (Å²) in [5, 5.41) is 6.59. The van der Waals surface area contributed by atoms with Gasteiger partial charge in [-0.25, -0.2) is 4.79 Å². The maximum atomic E-state index is 12.1. The number of benzene rings is 2. The summed E-state index contributed by atoms with van der Waals surface area (Å²) in [5.74, 6) is -0.561. The van der Waals surface area contributed by atoms with Crippen LogP contribution in [0.1, 0.15) is 42.7 Å². The first-order chi connectivity index (χ1) is 12.4. The number of hydrogen-bond acceptors (Lipinski definition) is 4. The van der Waals surface area contributed by atoms with Crippen LogP contribution in [0.2, 0.25) is 5.02 Å². The van der Waals surface area contributed by atoms with E-state index in [2.05, 4.69) is 10.6 Å². The molecule has 2 N–H and O–H groups in total. The van der Waals surface area contributed by atoms with E-state index in [9.17, 15) is 9.59 Å². The highest BCUT2D eigenvalue weighted by molar-refractivity contribution is 6.31. The van der Waals surface area contributed by atoms with Crippen molar-refractivity contribution < 1.29 is 14.3 Å². The van der Waals surface area contributed by atoms with Crippen LogP contribution < -0.4 is 10.6 Å². The molecule has 0 aliphatic carbocycles. The zero-order valence-corrected chi connectivity index (χ0v) is 15.8. The molecule has 2 aromatic carbocycles. The molecule has 138 valence electrons. The van der Waals surface area contributed by atoms with Gasteiger partial charge < -0.3 is 15.4 Å². The molecule has 0 heterocycles. The summed E-state index contributed by atoms with van der Waals surface area (Å²) in [7, 11) is 0. The first-order valence-electron chi connectivity index (χ1n) is 8.45. The molecule has 0 aliphatic heterocycles. The van der Waals surface area contributed by atoms with Crippen LogP contribution in [0.3, 0.4) is 0 Å². The van der Waals surface area contributed by atoms with Gasteiger partial charge in [0.15, 0.2) is 0 Å². The molecule has 0 aromatic heterocycles. The van der Waals surface area contributed by atoms with Gasteiger partial charge in [-0.15, -0.1) is 0 Å². The molecule has 1 atom stereocenters. The summed E-state index contributed by atoms with van der Waals surface area (Å²) in [5.41, 5.74) is 2.00. The molecule has 2 rings (SSSR count). The maximum Gasteiger partial charge on any atom is 0.338 e. The number of esters is 1. The standard InChI is InChI=1S/C20H23ClN2O3/c1-13(2)26-20(25)15-8-10-16(11-9-15)23-19(24)12-22-14(3)17-6-4-5-7-18(17)21/h4-11,13-14,22H,12H2,1-3H3,(H,23,24)/t14-/m1/s1. The van der Waals surface area contributed by atoms with Gasteiger partial charge in [-0.3, -0.25) is 4.79 Å². The van der Waals surface area contributed by atoms with E-state index in [4.69, 9.17) is 16.3 Å². The van der Waals surface area contributed by atoms with Gasteiger partial charge in [-0.05, 0) is 56.7 Å². The second-order valence-electron chi connectivity index (χ2n) is 6.20. The van der Waals surface area contributed by atoms with Gasteiger partial charge in [0.25, 0.3) is 0 Å². The topological polar surface area (TPSA) is 67.4 Å². The lowest BCUT2D eigenvalue weighted by Gasteiger charge is -2.15. The van der Waals surface area contributed by atoms with E-state index in [1.807, 2.05) is 31.2 Å². The van der Waals surface area contributed by atoms with Crippen LogP contribution >= 0.6 is 11.6 Å². The maximum absolute atomic E-state index is 12.1. The molecular formula is C20H23ClN2O3. The number of carbonyl (C=O) groups is 2. The van der Waals surface area contributed by atoms with E-state index in [1.54, 1.807) is 38.1 Å². The van der Waals surface area contributed by atoms with Crippen molar-refractivity contribution in [2.75, 3.05) is 11.9 Å². The lowest BCUT2D eigenvalue weighted by atomic mass is 10.1. The third-order valence-electron chi connectivity index (χ3n) is 3.69. The highest BCUT2D eigenvalue weighted by Gasteiger charge is 2.12. The lowest BCUT2D eigenvalue weighted by molar-refractivity contribution is -0.115. The highest BCUT2D eigenvalue weighted by Crippen LogP contribution is 2.21. The van der Waals surface area contributed by atoms with Crippen molar-refractivity contribution in [1.82, 2.24) is 5.32 Å². The number of nitrogens with one attached hydrogen (secondary N) is 2. The van der Waals surface area contributed by atoms with Gasteiger partial charge in [0, 0.05) is 16.8 Å². The van der Waals surface area contributed by atoms with Gasteiger partial charge in [0.1, 0.15) is 0 Å². The van der Waals surface area contributed by atoms with Gasteiger partial charge in [-0.2, -0.15) is 0 Å². The van der Waals surface area contributed by atoms with E-state index in [1.165, 1.54) is 0 Å². The van der Waals surface area contributed by atoms with Crippen molar-refractivity contribution in [1.29, 1.82) is 0 Å². The van der Waals surface area contributed by atoms with Crippen LogP contribution in [-0.4, -0.2) is 24.5 Å². The molecule has 0 saturated heterocycles. The first-order valence-corrected chi connectivity index (χ1v) is 8.83. The minimum atomic E-state index is -0.381. The van der Waals surface area contributed by atoms with Crippen molar-refractivity contribution >= 4 is 29.2 Å². The normalized spacial score (nSPS) is 11.9. The number of amides is 1. The third-order valence-corrected chi connectivity index (χ3v) is 4.03. The largest absolute Gasteiger partial charge is 0.459 e. The van der Waals surface area contributed by atoms with Crippen LogP contribution in [0.25, 0.3) is 0 Å². The van der Waals surface area contributed by atoms with Gasteiger partial charge in [-0.1, -0.05) is 29.8 Å². The van der Waals surface area contributed by atoms with Crippen LogP contribution in [0.5, 0.6) is 0 Å². The Hall–Kier alpha value is -2.37. The summed E-state index contributed by atoms with van der Waals surface area (Å²) >= 11 is 6.16. The van der Waals surface area contributed by atoms with E-state index < -0.39 is 0 Å². The summed E-state index contributed by atoms with van der Waals surface area (Å²) in [6.45, 7) is 5.68. The molecule has 1 amide bonds. The Bertz CT molecular complexity index is 760. The Labute approximate surface area is 158 Å². The van der Waals surface area contributed by atoms with Crippen LogP contribution in [0.4, 0.5) is 5.69 Å². The van der Waals surface area contributed by atoms with Crippen LogP contribution in [0, 0.1) is 0 Å². The summed E-state index contributed by atoms with van der Waals surface area (Å²) in [6.07, 6.45) is -0.173. The number of ether oxygens (including phenoxy) is 1. The predicted molar refractivity (Wildman–Crippen MR) is 103 cm³/mol. The number of carbonyl (C=O) groups excluding carboxylic acids is 2. The molecule has 0 spiro atoms. The Morgan fingerprint density at radius 1 is 1.04 bits per heavy atom. The van der Waals surface area contributed by atoms with Crippen molar-refractivity contribution in [2.45, 2.75) is 32.9 Å². The van der Waals surface area contributed by atoms with Crippen molar-refractivity contribution in [2.24, 2.45) is 0 Å². The number of halogens is 1. The van der Waals surface area contributed by atoms with E-state index in [0.29, 0.717) is 16.3 Å². The SMILES string of the molecule is CC(C)OC(=O)c1ccc(NC(=O)CN[C@H](C)c2ccccc2Cl)cc1. The molecular weight excluding hydrogens is 352 g/mol. The fourth-order valence-corrected chi connectivity index (χ4v) is 2.66. The zero-order chi connectivity index (χ0) is 19.1. The zero-order valence-electron chi connectivity index (χ0n) is 15.1. The summed E-state index contributed by atoms with van der Waals surface area (Å²) in [4.78, 5) is 23.9. The Morgan fingerprint density at radius 3 is 2.31 bits per heavy atom. The molecule has 0 fully saturated rings. The number of hydrogen-bond donors (Lipinski definition) is 2. The number of anilines is 1. The smallest absolute Gasteiger partial charge is 0.338 e. The molecule has 6 heteroatoms. The molecule has 26 heavy (non-hydrogen) atoms. The van der Waals surface area contributed by atoms with Crippen molar-refractivity contribution in [3.05, 3.63) is 64.7 Å². The fourth-order valence-electron chi connectivity index (χ4n) is 2.36. The Balaban J connectivity index is 1.86. The predicted octanol–water partition coefficient (Wildman–Crippen LogP) is 4.19. The average molecular weight is 375 g/mol. The van der Waals surface area contributed by atoms with Crippen molar-refractivity contribution in [3.8, 4) is 0 Å². The van der Waals surface area contributed by atoms with Gasteiger partial charge >= 0.3 is 5.97 Å². The second kappa shape index (κ2) is 9.36. The van der Waals surface area contributed by atoms with Gasteiger partial charge in [0.05, 0.1) is 18.2 Å². The quantitative estimate of drug-likeness (QED) is 0.713. The Kier molecular flexibility index (Phi) is 7.18. The minimum absolute atomic E-state index is 0.0531. The van der Waals surface area contributed by atoms with Crippen molar-refractivity contribution in [3.63, 3.8) is 0 Å². The van der Waals surface area contributed by atoms with Gasteiger partial charge in [0.2, 0.25) is 5.91 Å². The molecule has 0 bridgehead atoms. The summed E-state index contributed by atoms with van der Waals surface area (Å²) < 4.78 is 5.13. The molecule has 0 unspecified atom stereocenters. The molecule has 0 radical (unpaired) electrons. The van der Waals surface area contributed by atoms with E-state index in [-0.39, 0.29) is 30.6 Å². The van der Waals surface area contributed by atoms with E-state index >= 15 is 0 Å². The second-order valence-corrected chi connectivity index (χ2v) is 6.61. The molecule has 0 saturated carbocycles.